The standard InChI is InChI=1S/C48H67N4O9P/c1-9-17-35(29-39-21-16-20-37-19-12-13-22-40(37)39)32-50-44(55)41(31-42(49)53)51-45(56)48(27-14-11-15-28-48)52-43(54)30-38(18-10-2)36-25-23-34(24-26-36)33-62(57,60-58-46(3,4)5)61-59-47(6,7)8/h9-10,12-13,16,19-26,35,38,41H,1-2,11,14-15,17-18,27-33H2,3-8H3,(H2,49,53)(H,50,55)(H,51,56)(H,52,54)/t35-,38-,41-/m0/s1. The number of allylic oxidation sites excluding steroid dienone is 2. The highest BCUT2D eigenvalue weighted by Gasteiger charge is 2.43. The first-order valence-electron chi connectivity index (χ1n) is 21.5. The topological polar surface area (TPSA) is 184 Å². The van der Waals surface area contributed by atoms with Gasteiger partial charge in [-0.05, 0) is 113 Å². The first-order valence-corrected chi connectivity index (χ1v) is 23.3. The van der Waals surface area contributed by atoms with Crippen LogP contribution in [0.2, 0.25) is 0 Å². The Hall–Kier alpha value is -4.65. The lowest BCUT2D eigenvalue weighted by Crippen LogP contribution is -2.63. The molecule has 1 aliphatic carbocycles. The summed E-state index contributed by atoms with van der Waals surface area (Å²) in [5.74, 6) is -2.46. The van der Waals surface area contributed by atoms with Gasteiger partial charge in [0.15, 0.2) is 0 Å². The molecule has 13 nitrogen and oxygen atoms in total. The van der Waals surface area contributed by atoms with Crippen molar-refractivity contribution in [2.75, 3.05) is 6.54 Å². The average Bonchev–Trinajstić information content (AvgIpc) is 3.21. The van der Waals surface area contributed by atoms with E-state index in [1.54, 1.807) is 59.8 Å². The molecule has 62 heavy (non-hydrogen) atoms. The fraction of sp³-hybridized carbons (Fsp3) is 0.500. The lowest BCUT2D eigenvalue weighted by atomic mass is 9.80. The van der Waals surface area contributed by atoms with E-state index >= 15 is 0 Å². The van der Waals surface area contributed by atoms with E-state index in [-0.39, 0.29) is 36.9 Å². The molecular formula is C48H67N4O9P. The number of hydrogen-bond acceptors (Lipinski definition) is 9. The van der Waals surface area contributed by atoms with Crippen LogP contribution in [0.15, 0.2) is 92.0 Å². The molecule has 338 valence electrons. The van der Waals surface area contributed by atoms with Gasteiger partial charge in [0.25, 0.3) is 0 Å². The summed E-state index contributed by atoms with van der Waals surface area (Å²) >= 11 is 0. The molecule has 0 unspecified atom stereocenters. The van der Waals surface area contributed by atoms with Crippen molar-refractivity contribution in [2.24, 2.45) is 11.7 Å². The Balaban J connectivity index is 1.45. The first kappa shape index (κ1) is 50.0. The molecule has 0 aromatic heterocycles. The molecule has 14 heteroatoms. The third-order valence-corrected chi connectivity index (χ3v) is 11.9. The molecule has 0 bridgehead atoms. The van der Waals surface area contributed by atoms with Gasteiger partial charge in [-0.25, -0.2) is 9.78 Å². The molecule has 3 aromatic rings. The second-order valence-corrected chi connectivity index (χ2v) is 20.2. The lowest BCUT2D eigenvalue weighted by Gasteiger charge is -2.38. The summed E-state index contributed by atoms with van der Waals surface area (Å²) in [5, 5.41) is 11.1. The van der Waals surface area contributed by atoms with E-state index in [2.05, 4.69) is 53.4 Å². The zero-order valence-corrected chi connectivity index (χ0v) is 38.2. The van der Waals surface area contributed by atoms with Gasteiger partial charge >= 0.3 is 7.60 Å². The van der Waals surface area contributed by atoms with Crippen molar-refractivity contribution in [2.45, 2.75) is 141 Å². The molecular weight excluding hydrogens is 808 g/mol. The highest BCUT2D eigenvalue weighted by Crippen LogP contribution is 2.53. The number of amides is 4. The molecule has 1 aliphatic rings. The summed E-state index contributed by atoms with van der Waals surface area (Å²) < 4.78 is 24.4. The molecule has 0 radical (unpaired) electrons. The van der Waals surface area contributed by atoms with Crippen molar-refractivity contribution in [3.8, 4) is 0 Å². The Bertz CT molecular complexity index is 2020. The monoisotopic (exact) mass is 874 g/mol. The highest BCUT2D eigenvalue weighted by molar-refractivity contribution is 7.52. The fourth-order valence-corrected chi connectivity index (χ4v) is 8.96. The van der Waals surface area contributed by atoms with Gasteiger partial charge in [-0.1, -0.05) is 98.1 Å². The van der Waals surface area contributed by atoms with Crippen molar-refractivity contribution in [1.29, 1.82) is 0 Å². The molecule has 3 atom stereocenters. The van der Waals surface area contributed by atoms with Crippen LogP contribution in [0.5, 0.6) is 0 Å². The molecule has 4 rings (SSSR count). The minimum atomic E-state index is -3.92. The Morgan fingerprint density at radius 2 is 1.44 bits per heavy atom. The Kier molecular flexibility index (Phi) is 18.2. The van der Waals surface area contributed by atoms with Crippen molar-refractivity contribution >= 4 is 42.0 Å². The minimum Gasteiger partial charge on any atom is -0.370 e. The van der Waals surface area contributed by atoms with Crippen LogP contribution in [0.1, 0.15) is 122 Å². The number of primary amides is 1. The SMILES string of the molecule is C=CC[C@H](CNC(=O)[C@H](CC(N)=O)NC(=O)C1(NC(=O)C[C@H](CC=C)c2ccc(CP(=O)(OOC(C)(C)C)OOC(C)(C)C)cc2)CCCCC1)Cc1cccc2ccccc12. The van der Waals surface area contributed by atoms with Crippen molar-refractivity contribution in [3.63, 3.8) is 0 Å². The fourth-order valence-electron chi connectivity index (χ4n) is 7.50. The zero-order valence-electron chi connectivity index (χ0n) is 37.3. The quantitative estimate of drug-likeness (QED) is 0.0313. The summed E-state index contributed by atoms with van der Waals surface area (Å²) in [6.45, 7) is 18.6. The van der Waals surface area contributed by atoms with E-state index in [4.69, 9.17) is 24.9 Å². The number of carbonyl (C=O) groups excluding carboxylic acids is 4. The van der Waals surface area contributed by atoms with Gasteiger partial charge in [0, 0.05) is 13.0 Å². The van der Waals surface area contributed by atoms with Crippen LogP contribution in [0, 0.1) is 5.92 Å². The van der Waals surface area contributed by atoms with E-state index in [0.29, 0.717) is 50.5 Å². The van der Waals surface area contributed by atoms with Crippen LogP contribution in [-0.4, -0.2) is 53.0 Å². The number of nitrogens with two attached hydrogens (primary N) is 1. The predicted molar refractivity (Wildman–Crippen MR) is 242 cm³/mol. The van der Waals surface area contributed by atoms with Gasteiger partial charge in [0.1, 0.15) is 11.6 Å². The lowest BCUT2D eigenvalue weighted by molar-refractivity contribution is -0.326. The number of nitrogens with one attached hydrogen (secondary N) is 3. The average molecular weight is 875 g/mol. The maximum atomic E-state index is 14.2. The Morgan fingerprint density at radius 3 is 2.03 bits per heavy atom. The summed E-state index contributed by atoms with van der Waals surface area (Å²) in [5.41, 5.74) is 5.39. The number of benzene rings is 3. The minimum absolute atomic E-state index is 0.00157. The molecule has 1 fully saturated rings. The van der Waals surface area contributed by atoms with Gasteiger partial charge < -0.3 is 21.7 Å². The van der Waals surface area contributed by atoms with Gasteiger partial charge in [-0.15, -0.1) is 22.5 Å². The van der Waals surface area contributed by atoms with Crippen LogP contribution in [0.25, 0.3) is 10.8 Å². The maximum Gasteiger partial charge on any atom is 0.388 e. The van der Waals surface area contributed by atoms with Gasteiger partial charge in [-0.3, -0.25) is 23.7 Å². The Labute approximate surface area is 367 Å². The van der Waals surface area contributed by atoms with Crippen LogP contribution in [0.3, 0.4) is 0 Å². The molecule has 5 N–H and O–H groups in total. The predicted octanol–water partition coefficient (Wildman–Crippen LogP) is 8.81. The third-order valence-electron chi connectivity index (χ3n) is 10.5. The second-order valence-electron chi connectivity index (χ2n) is 18.3. The summed E-state index contributed by atoms with van der Waals surface area (Å²) in [6, 6.07) is 20.3. The van der Waals surface area contributed by atoms with Gasteiger partial charge in [0.2, 0.25) is 23.6 Å². The van der Waals surface area contributed by atoms with E-state index in [9.17, 15) is 23.7 Å². The van der Waals surface area contributed by atoms with Crippen molar-refractivity contribution in [3.05, 3.63) is 109 Å². The van der Waals surface area contributed by atoms with Gasteiger partial charge in [0.05, 0.1) is 23.8 Å². The number of rotatable bonds is 23. The van der Waals surface area contributed by atoms with Crippen molar-refractivity contribution in [1.82, 2.24) is 16.0 Å². The zero-order chi connectivity index (χ0) is 45.6. The Morgan fingerprint density at radius 1 is 0.823 bits per heavy atom. The molecule has 0 heterocycles. The van der Waals surface area contributed by atoms with E-state index in [1.807, 2.05) is 36.4 Å². The summed E-state index contributed by atoms with van der Waals surface area (Å²) in [7, 11) is -3.92. The maximum absolute atomic E-state index is 14.2. The summed E-state index contributed by atoms with van der Waals surface area (Å²) in [4.78, 5) is 64.9. The van der Waals surface area contributed by atoms with E-state index in [0.717, 1.165) is 28.3 Å². The largest absolute Gasteiger partial charge is 0.388 e. The van der Waals surface area contributed by atoms with Gasteiger partial charge in [-0.2, -0.15) is 0 Å². The second kappa shape index (κ2) is 22.6. The van der Waals surface area contributed by atoms with Crippen LogP contribution >= 0.6 is 7.60 Å². The molecule has 0 spiro atoms. The number of carbonyl (C=O) groups is 4. The third kappa shape index (κ3) is 15.9. The van der Waals surface area contributed by atoms with Crippen LogP contribution in [-0.2, 0) is 55.4 Å². The molecule has 0 aliphatic heterocycles. The first-order chi connectivity index (χ1) is 29.2. The molecule has 0 saturated heterocycles. The van der Waals surface area contributed by atoms with Crippen molar-refractivity contribution < 1.29 is 42.9 Å². The molecule has 3 aromatic carbocycles. The van der Waals surface area contributed by atoms with E-state index < -0.39 is 54.5 Å². The molecule has 1 saturated carbocycles. The highest BCUT2D eigenvalue weighted by atomic mass is 31.2. The summed E-state index contributed by atoms with van der Waals surface area (Å²) in [6.07, 6.45) is 7.80. The molecule has 4 amide bonds. The van der Waals surface area contributed by atoms with E-state index in [1.165, 1.54) is 0 Å². The van der Waals surface area contributed by atoms with Crippen LogP contribution in [0.4, 0.5) is 0 Å². The number of fused-ring (bicyclic) bond motifs is 1. The number of hydrogen-bond donors (Lipinski definition) is 4. The normalized spacial score (nSPS) is 15.8. The smallest absolute Gasteiger partial charge is 0.370 e. The van der Waals surface area contributed by atoms with Crippen LogP contribution < -0.4 is 21.7 Å².